The van der Waals surface area contributed by atoms with Gasteiger partial charge in [0.05, 0.1) is 12.1 Å². The number of aliphatic hydroxyl groups is 1. The Hall–Kier alpha value is -2.27. The molecule has 0 heterocycles. The highest BCUT2D eigenvalue weighted by molar-refractivity contribution is 7.99. The van der Waals surface area contributed by atoms with Crippen LogP contribution in [0.3, 0.4) is 0 Å². The van der Waals surface area contributed by atoms with Gasteiger partial charge in [-0.1, -0.05) is 18.5 Å². The average molecular weight is 549 g/mol. The summed E-state index contributed by atoms with van der Waals surface area (Å²) in [6, 6.07) is 6.17. The number of carbonyl (C=O) groups excluding carboxylic acids is 2. The van der Waals surface area contributed by atoms with Crippen molar-refractivity contribution in [1.29, 1.82) is 0 Å². The second-order valence-electron chi connectivity index (χ2n) is 8.13. The van der Waals surface area contributed by atoms with E-state index in [1.807, 2.05) is 7.05 Å². The zero-order chi connectivity index (χ0) is 27.1. The molecule has 200 valence electrons. The second-order valence-corrected chi connectivity index (χ2v) is 9.60. The minimum atomic E-state index is -1.59. The minimum absolute atomic E-state index is 0.141. The molecule has 2 aromatic rings. The zero-order valence-electron chi connectivity index (χ0n) is 20.5. The van der Waals surface area contributed by atoms with Crippen molar-refractivity contribution in [2.75, 3.05) is 38.4 Å². The van der Waals surface area contributed by atoms with E-state index in [1.54, 1.807) is 12.1 Å². The molecule has 2 unspecified atom stereocenters. The maximum atomic E-state index is 13.4. The maximum Gasteiger partial charge on any atom is 0.292 e. The van der Waals surface area contributed by atoms with Crippen LogP contribution >= 0.6 is 23.4 Å². The largest absolute Gasteiger partial charge is 0.471 e. The Bertz CT molecular complexity index is 961. The van der Waals surface area contributed by atoms with E-state index in [1.165, 1.54) is 24.9 Å². The number of rotatable bonds is 13. The van der Waals surface area contributed by atoms with Crippen molar-refractivity contribution in [3.8, 4) is 0 Å². The third-order valence-corrected chi connectivity index (χ3v) is 6.79. The Morgan fingerprint density at radius 2 is 1.86 bits per heavy atom. The van der Waals surface area contributed by atoms with Gasteiger partial charge in [0.15, 0.2) is 17.5 Å². The van der Waals surface area contributed by atoms with E-state index in [2.05, 4.69) is 22.3 Å². The molecule has 0 aliphatic carbocycles. The van der Waals surface area contributed by atoms with Crippen molar-refractivity contribution in [3.63, 3.8) is 0 Å². The van der Waals surface area contributed by atoms with Crippen LogP contribution in [0.4, 0.5) is 18.9 Å². The van der Waals surface area contributed by atoms with Gasteiger partial charge in [0.2, 0.25) is 0 Å². The van der Waals surface area contributed by atoms with Crippen molar-refractivity contribution >= 4 is 41.4 Å². The molecule has 0 saturated heterocycles. The number of anilines is 1. The molecule has 0 aliphatic rings. The Morgan fingerprint density at radius 1 is 1.22 bits per heavy atom. The Balaban J connectivity index is 0.00000150. The first-order chi connectivity index (χ1) is 17.2. The van der Waals surface area contributed by atoms with Gasteiger partial charge in [-0.25, -0.2) is 13.2 Å². The molecular formula is C25H32ClF3N2O4S. The normalized spacial score (nSPS) is 12.2. The summed E-state index contributed by atoms with van der Waals surface area (Å²) in [7, 11) is 3.23. The van der Waals surface area contributed by atoms with Gasteiger partial charge in [0, 0.05) is 40.6 Å². The first kappa shape index (κ1) is 31.8. The summed E-state index contributed by atoms with van der Waals surface area (Å²) in [6.07, 6.45) is 2.60. The first-order valence-electron chi connectivity index (χ1n) is 11.3. The van der Waals surface area contributed by atoms with E-state index in [0.29, 0.717) is 28.2 Å². The highest BCUT2D eigenvalue weighted by Crippen LogP contribution is 2.32. The van der Waals surface area contributed by atoms with Crippen molar-refractivity contribution in [3.05, 3.63) is 58.4 Å². The summed E-state index contributed by atoms with van der Waals surface area (Å²) in [5, 5.41) is 15.2. The fourth-order valence-corrected chi connectivity index (χ4v) is 4.86. The predicted octanol–water partition coefficient (Wildman–Crippen LogP) is 5.53. The van der Waals surface area contributed by atoms with Gasteiger partial charge < -0.3 is 20.5 Å². The third-order valence-electron chi connectivity index (χ3n) is 5.06. The molecule has 1 amide bonds. The number of benzene rings is 2. The number of thioether (sulfide) groups is 1. The lowest BCUT2D eigenvalue weighted by Gasteiger charge is -2.21. The summed E-state index contributed by atoms with van der Waals surface area (Å²) < 4.78 is 43.8. The molecule has 0 fully saturated rings. The Labute approximate surface area is 218 Å². The van der Waals surface area contributed by atoms with E-state index in [9.17, 15) is 23.1 Å². The van der Waals surface area contributed by atoms with Gasteiger partial charge in [-0.2, -0.15) is 0 Å². The first-order valence-corrected chi connectivity index (χ1v) is 12.6. The van der Waals surface area contributed by atoms with Crippen LogP contribution in [-0.4, -0.2) is 50.5 Å². The van der Waals surface area contributed by atoms with Gasteiger partial charge in [-0.15, -0.1) is 11.8 Å². The van der Waals surface area contributed by atoms with Crippen LogP contribution in [0.2, 0.25) is 5.02 Å². The van der Waals surface area contributed by atoms with Gasteiger partial charge in [0.1, 0.15) is 0 Å². The lowest BCUT2D eigenvalue weighted by molar-refractivity contribution is -0.126. The lowest BCUT2D eigenvalue weighted by Crippen LogP contribution is -2.20. The van der Waals surface area contributed by atoms with Gasteiger partial charge in [-0.3, -0.25) is 9.59 Å². The van der Waals surface area contributed by atoms with Crippen molar-refractivity contribution in [1.82, 2.24) is 5.32 Å². The smallest absolute Gasteiger partial charge is 0.292 e. The van der Waals surface area contributed by atoms with Crippen LogP contribution in [0.1, 0.15) is 36.5 Å². The summed E-state index contributed by atoms with van der Waals surface area (Å²) >= 11 is 7.85. The van der Waals surface area contributed by atoms with Gasteiger partial charge >= 0.3 is 0 Å². The monoisotopic (exact) mass is 548 g/mol. The van der Waals surface area contributed by atoms with Gasteiger partial charge in [-0.05, 0) is 62.9 Å². The number of carbonyl (C=O) groups is 2. The molecule has 0 spiro atoms. The Morgan fingerprint density at radius 3 is 2.42 bits per heavy atom. The van der Waals surface area contributed by atoms with Crippen LogP contribution in [0, 0.1) is 29.3 Å². The summed E-state index contributed by atoms with van der Waals surface area (Å²) in [4.78, 5) is 22.2. The van der Waals surface area contributed by atoms with E-state index < -0.39 is 23.4 Å². The number of aliphatic hydroxyl groups excluding tert-OH is 1. The minimum Gasteiger partial charge on any atom is -0.471 e. The molecular weight excluding hydrogens is 517 g/mol. The number of hydrogen-bond acceptors (Lipinski definition) is 6. The van der Waals surface area contributed by atoms with E-state index in [0.717, 1.165) is 43.7 Å². The molecule has 3 N–H and O–H groups in total. The number of nitrogens with one attached hydrogen (secondary N) is 2. The SMILES string of the molecule is CNCC(C)CC(CCCO)CSc1cc(C(=O)Nc2cc(F)c(F)c(F)c2)ccc1Cl.COC=O. The fraction of sp³-hybridized carbons (Fsp3) is 0.440. The molecule has 36 heavy (non-hydrogen) atoms. The second kappa shape index (κ2) is 17.2. The van der Waals surface area contributed by atoms with Crippen LogP contribution in [0.5, 0.6) is 0 Å². The third kappa shape index (κ3) is 11.2. The van der Waals surface area contributed by atoms with Crippen molar-refractivity contribution in [2.45, 2.75) is 31.1 Å². The number of halogens is 4. The van der Waals surface area contributed by atoms with E-state index in [-0.39, 0.29) is 17.9 Å². The number of ether oxygens (including phenoxy) is 1. The van der Waals surface area contributed by atoms with Crippen LogP contribution in [0.15, 0.2) is 35.2 Å². The highest BCUT2D eigenvalue weighted by Gasteiger charge is 2.17. The topological polar surface area (TPSA) is 87.7 Å². The lowest BCUT2D eigenvalue weighted by atomic mass is 9.93. The molecule has 2 atom stereocenters. The van der Waals surface area contributed by atoms with E-state index in [4.69, 9.17) is 16.4 Å². The standard InChI is InChI=1S/C23H28ClF3N2O2S.C2H4O2/c1-14(12-28-2)8-15(4-3-7-30)13-32-21-9-16(5-6-18(21)24)23(31)29-17-10-19(25)22(27)20(26)11-17;1-4-2-3/h5-6,9-11,14-15,28,30H,3-4,7-8,12-13H2,1-2H3,(H,29,31);2H,1H3. The van der Waals surface area contributed by atoms with Crippen molar-refractivity contribution in [2.24, 2.45) is 11.8 Å². The zero-order valence-corrected chi connectivity index (χ0v) is 22.0. The molecule has 6 nitrogen and oxygen atoms in total. The molecule has 0 saturated carbocycles. The molecule has 0 aromatic heterocycles. The summed E-state index contributed by atoms with van der Waals surface area (Å²) in [6.45, 7) is 3.59. The van der Waals surface area contributed by atoms with Crippen LogP contribution in [-0.2, 0) is 9.53 Å². The number of amides is 1. The number of hydrogen-bond donors (Lipinski definition) is 3. The van der Waals surface area contributed by atoms with E-state index >= 15 is 0 Å². The van der Waals surface area contributed by atoms with Crippen molar-refractivity contribution < 1.29 is 32.6 Å². The molecule has 2 aromatic carbocycles. The fourth-order valence-electron chi connectivity index (χ4n) is 3.44. The van der Waals surface area contributed by atoms with Gasteiger partial charge in [0.25, 0.3) is 12.4 Å². The quantitative estimate of drug-likeness (QED) is 0.173. The molecule has 0 aliphatic heterocycles. The summed E-state index contributed by atoms with van der Waals surface area (Å²) in [5.74, 6) is -3.32. The molecule has 0 bridgehead atoms. The number of methoxy groups -OCH3 is 1. The molecule has 2 rings (SSSR count). The molecule has 0 radical (unpaired) electrons. The molecule has 11 heteroatoms. The average Bonchev–Trinajstić information content (AvgIpc) is 2.85. The van der Waals surface area contributed by atoms with Crippen LogP contribution in [0.25, 0.3) is 0 Å². The maximum absolute atomic E-state index is 13.4. The van der Waals surface area contributed by atoms with Crippen LogP contribution < -0.4 is 10.6 Å². The summed E-state index contributed by atoms with van der Waals surface area (Å²) in [5.41, 5.74) is 0.0793. The Kier molecular flexibility index (Phi) is 15.2. The highest BCUT2D eigenvalue weighted by atomic mass is 35.5. The predicted molar refractivity (Wildman–Crippen MR) is 137 cm³/mol.